The van der Waals surface area contributed by atoms with Crippen LogP contribution in [0.2, 0.25) is 0 Å². The zero-order valence-corrected chi connectivity index (χ0v) is 12.8. The zero-order chi connectivity index (χ0) is 15.4. The van der Waals surface area contributed by atoms with Gasteiger partial charge in [0.25, 0.3) is 0 Å². The highest BCUT2D eigenvalue weighted by molar-refractivity contribution is 5.56. The van der Waals surface area contributed by atoms with E-state index in [-0.39, 0.29) is 0 Å². The van der Waals surface area contributed by atoms with Crippen LogP contribution in [0.1, 0.15) is 12.0 Å². The highest BCUT2D eigenvalue weighted by atomic mass is 15.4. The van der Waals surface area contributed by atoms with Crippen molar-refractivity contribution in [2.24, 2.45) is 0 Å². The van der Waals surface area contributed by atoms with Crippen LogP contribution >= 0.6 is 0 Å². The van der Waals surface area contributed by atoms with Crippen LogP contribution in [0.5, 0.6) is 0 Å². The molecule has 2 aromatic rings. The predicted octanol–water partition coefficient (Wildman–Crippen LogP) is 2.04. The maximum Gasteiger partial charge on any atom is 0.167 e. The van der Waals surface area contributed by atoms with Gasteiger partial charge in [-0.05, 0) is 19.5 Å². The van der Waals surface area contributed by atoms with E-state index in [0.717, 1.165) is 24.5 Å². The normalized spacial score (nSPS) is 22.8. The number of benzene rings is 1. The van der Waals surface area contributed by atoms with Crippen molar-refractivity contribution in [3.63, 3.8) is 0 Å². The Bertz CT molecular complexity index is 621. The molecule has 2 fully saturated rings. The molecular formula is C18H20N4. The molecular weight excluding hydrogens is 272 g/mol. The third kappa shape index (κ3) is 2.95. The van der Waals surface area contributed by atoms with Gasteiger partial charge >= 0.3 is 0 Å². The fourth-order valence-corrected chi connectivity index (χ4v) is 3.16. The van der Waals surface area contributed by atoms with Crippen molar-refractivity contribution in [1.82, 2.24) is 15.1 Å². The van der Waals surface area contributed by atoms with E-state index < -0.39 is 0 Å². The molecule has 3 heterocycles. The lowest BCUT2D eigenvalue weighted by Crippen LogP contribution is -2.45. The largest absolute Gasteiger partial charge is 0.348 e. The molecule has 0 saturated carbocycles. The molecule has 2 aliphatic heterocycles. The van der Waals surface area contributed by atoms with Crippen molar-refractivity contribution >= 4 is 5.82 Å². The first-order valence-corrected chi connectivity index (χ1v) is 7.55. The molecule has 0 spiro atoms. The van der Waals surface area contributed by atoms with Gasteiger partial charge in [0.05, 0.1) is 11.8 Å². The molecule has 4 nitrogen and oxygen atoms in total. The fourth-order valence-electron chi connectivity index (χ4n) is 3.16. The van der Waals surface area contributed by atoms with E-state index >= 15 is 0 Å². The van der Waals surface area contributed by atoms with Crippen LogP contribution in [0.25, 0.3) is 0 Å². The van der Waals surface area contributed by atoms with Gasteiger partial charge in [-0.2, -0.15) is 5.10 Å². The third-order valence-corrected chi connectivity index (χ3v) is 4.31. The van der Waals surface area contributed by atoms with Crippen LogP contribution in [-0.4, -0.2) is 47.3 Å². The molecule has 1 aromatic heterocycles. The lowest BCUT2D eigenvalue weighted by atomic mass is 10.2. The molecule has 112 valence electrons. The minimum absolute atomic E-state index is 0.554. The number of likely N-dealkylation sites (N-methyl/N-ethyl adjacent to an activating group) is 1. The predicted molar refractivity (Wildman–Crippen MR) is 88.6 cm³/mol. The Kier molecular flexibility index (Phi) is 4.36. The number of likely N-dealkylation sites (tertiary alicyclic amines) is 1. The minimum Gasteiger partial charge on any atom is -0.348 e. The summed E-state index contributed by atoms with van der Waals surface area (Å²) in [5, 5.41) is 8.13. The Morgan fingerprint density at radius 1 is 1.09 bits per heavy atom. The maximum atomic E-state index is 5.49. The van der Waals surface area contributed by atoms with E-state index in [1.165, 1.54) is 6.42 Å². The van der Waals surface area contributed by atoms with Crippen LogP contribution in [-0.2, 0) is 0 Å². The molecule has 2 aliphatic rings. The van der Waals surface area contributed by atoms with Crippen LogP contribution in [0, 0.1) is 12.3 Å². The van der Waals surface area contributed by atoms with Gasteiger partial charge in [0.15, 0.2) is 5.82 Å². The number of hydrogen-bond donors (Lipinski definition) is 0. The Balaban J connectivity index is 0.000000202. The lowest BCUT2D eigenvalue weighted by molar-refractivity contribution is 0.292. The second-order valence-corrected chi connectivity index (χ2v) is 5.70. The third-order valence-electron chi connectivity index (χ3n) is 4.31. The van der Waals surface area contributed by atoms with Crippen molar-refractivity contribution < 1.29 is 0 Å². The molecule has 4 rings (SSSR count). The molecule has 1 aromatic carbocycles. The standard InChI is InChI=1S/C12H14N4.C6H6/c1-3-9-4-5-13-14-12(9)16-8-10-6-11(16)7-15(10)2;1-2-4-6-5-3-1/h1,4-5,10-11H,6-8H2,2H3;1-6H/t10-,11-;/m0./s1. The lowest BCUT2D eigenvalue weighted by Gasteiger charge is -2.32. The van der Waals surface area contributed by atoms with Crippen LogP contribution in [0.3, 0.4) is 0 Å². The summed E-state index contributed by atoms with van der Waals surface area (Å²) in [5.74, 6) is 3.57. The second kappa shape index (κ2) is 6.59. The van der Waals surface area contributed by atoms with Gasteiger partial charge in [0.2, 0.25) is 0 Å². The van der Waals surface area contributed by atoms with Gasteiger partial charge in [-0.3, -0.25) is 4.90 Å². The molecule has 2 saturated heterocycles. The van der Waals surface area contributed by atoms with Gasteiger partial charge in [-0.25, -0.2) is 0 Å². The summed E-state index contributed by atoms with van der Waals surface area (Å²) in [6, 6.07) is 15.1. The monoisotopic (exact) mass is 292 g/mol. The van der Waals surface area contributed by atoms with Crippen molar-refractivity contribution in [2.75, 3.05) is 25.0 Å². The maximum absolute atomic E-state index is 5.49. The van der Waals surface area contributed by atoms with Gasteiger partial charge in [-0.1, -0.05) is 42.3 Å². The van der Waals surface area contributed by atoms with Gasteiger partial charge in [0.1, 0.15) is 0 Å². The first-order valence-electron chi connectivity index (χ1n) is 7.55. The molecule has 0 radical (unpaired) electrons. The van der Waals surface area contributed by atoms with E-state index in [1.807, 2.05) is 42.5 Å². The Morgan fingerprint density at radius 3 is 2.27 bits per heavy atom. The number of nitrogens with zero attached hydrogens (tertiary/aromatic N) is 4. The summed E-state index contributed by atoms with van der Waals surface area (Å²) >= 11 is 0. The average Bonchev–Trinajstić information content (AvgIpc) is 3.16. The first kappa shape index (κ1) is 14.6. The Morgan fingerprint density at radius 2 is 1.77 bits per heavy atom. The second-order valence-electron chi connectivity index (χ2n) is 5.70. The topological polar surface area (TPSA) is 32.3 Å². The summed E-state index contributed by atoms with van der Waals surface area (Å²) in [4.78, 5) is 4.72. The van der Waals surface area contributed by atoms with Crippen molar-refractivity contribution in [2.45, 2.75) is 18.5 Å². The summed E-state index contributed by atoms with van der Waals surface area (Å²) in [5.41, 5.74) is 0.852. The number of hydrogen-bond acceptors (Lipinski definition) is 4. The highest BCUT2D eigenvalue weighted by Gasteiger charge is 2.42. The molecule has 2 bridgehead atoms. The molecule has 0 amide bonds. The SMILES string of the molecule is C#Cc1ccnnc1N1C[C@@H]2C[C@H]1CN2C.c1ccccc1. The number of terminal acetylenes is 1. The summed E-state index contributed by atoms with van der Waals surface area (Å²) in [7, 11) is 2.18. The molecule has 0 N–H and O–H groups in total. The number of fused-ring (bicyclic) bond motifs is 2. The van der Waals surface area contributed by atoms with E-state index in [1.54, 1.807) is 6.20 Å². The quantitative estimate of drug-likeness (QED) is 0.753. The first-order chi connectivity index (χ1) is 10.8. The van der Waals surface area contributed by atoms with Crippen LogP contribution < -0.4 is 4.90 Å². The summed E-state index contributed by atoms with van der Waals surface area (Å²) in [6.45, 7) is 2.12. The van der Waals surface area contributed by atoms with Crippen molar-refractivity contribution in [3.8, 4) is 12.3 Å². The van der Waals surface area contributed by atoms with Crippen molar-refractivity contribution in [3.05, 3.63) is 54.2 Å². The summed E-state index contributed by atoms with van der Waals surface area (Å²) < 4.78 is 0. The average molecular weight is 292 g/mol. The number of anilines is 1. The fraction of sp³-hybridized carbons (Fsp3) is 0.333. The summed E-state index contributed by atoms with van der Waals surface area (Å²) in [6.07, 6.45) is 8.36. The van der Waals surface area contributed by atoms with Crippen LogP contribution in [0.15, 0.2) is 48.7 Å². The molecule has 4 heteroatoms. The van der Waals surface area contributed by atoms with E-state index in [2.05, 4.69) is 33.0 Å². The zero-order valence-electron chi connectivity index (χ0n) is 12.8. The molecule has 0 aliphatic carbocycles. The smallest absolute Gasteiger partial charge is 0.167 e. The Hall–Kier alpha value is -2.38. The Labute approximate surface area is 131 Å². The number of rotatable bonds is 1. The van der Waals surface area contributed by atoms with E-state index in [9.17, 15) is 0 Å². The molecule has 2 atom stereocenters. The van der Waals surface area contributed by atoms with Gasteiger partial charge in [-0.15, -0.1) is 11.5 Å². The number of aromatic nitrogens is 2. The number of piperazine rings is 1. The van der Waals surface area contributed by atoms with Crippen LogP contribution in [0.4, 0.5) is 5.82 Å². The minimum atomic E-state index is 0.554. The van der Waals surface area contributed by atoms with Gasteiger partial charge < -0.3 is 4.90 Å². The molecule has 0 unspecified atom stereocenters. The van der Waals surface area contributed by atoms with Crippen molar-refractivity contribution in [1.29, 1.82) is 0 Å². The van der Waals surface area contributed by atoms with Gasteiger partial charge in [0, 0.05) is 25.2 Å². The van der Waals surface area contributed by atoms with E-state index in [4.69, 9.17) is 6.42 Å². The molecule has 22 heavy (non-hydrogen) atoms. The van der Waals surface area contributed by atoms with E-state index in [0.29, 0.717) is 12.1 Å². The highest BCUT2D eigenvalue weighted by Crippen LogP contribution is 2.33.